The van der Waals surface area contributed by atoms with Gasteiger partial charge < -0.3 is 15.2 Å². The molecule has 1 heterocycles. The van der Waals surface area contributed by atoms with Gasteiger partial charge in [0.1, 0.15) is 5.69 Å². The molecule has 2 N–H and O–H groups in total. The molecular formula is C13H18IN3O4. The van der Waals surface area contributed by atoms with Crippen LogP contribution >= 0.6 is 22.6 Å². The molecule has 1 fully saturated rings. The van der Waals surface area contributed by atoms with Crippen molar-refractivity contribution in [2.24, 2.45) is 0 Å². The second-order valence-corrected chi connectivity index (χ2v) is 6.11. The number of ether oxygens (including phenoxy) is 1. The minimum absolute atomic E-state index is 0.0282. The lowest BCUT2D eigenvalue weighted by Gasteiger charge is -2.28. The molecule has 1 saturated heterocycles. The fraction of sp³-hybridized carbons (Fsp3) is 0.538. The van der Waals surface area contributed by atoms with Gasteiger partial charge in [0.15, 0.2) is 0 Å². The number of β-amino-alcohol motifs (C(OH)–C–C–N with tert-alkyl or cyclic N) is 1. The van der Waals surface area contributed by atoms with Gasteiger partial charge in [0.2, 0.25) is 0 Å². The van der Waals surface area contributed by atoms with Gasteiger partial charge in [0.25, 0.3) is 5.69 Å². The summed E-state index contributed by atoms with van der Waals surface area (Å²) in [6.07, 6.45) is -0.581. The maximum absolute atomic E-state index is 11.0. The summed E-state index contributed by atoms with van der Waals surface area (Å²) in [5, 5.41) is 24.0. The minimum atomic E-state index is -0.581. The Morgan fingerprint density at radius 1 is 1.48 bits per heavy atom. The zero-order valence-electron chi connectivity index (χ0n) is 11.5. The predicted octanol–water partition coefficient (Wildman–Crippen LogP) is 1.30. The van der Waals surface area contributed by atoms with Crippen molar-refractivity contribution in [2.75, 3.05) is 44.7 Å². The first-order valence-electron chi connectivity index (χ1n) is 6.72. The second-order valence-electron chi connectivity index (χ2n) is 4.87. The van der Waals surface area contributed by atoms with Gasteiger partial charge in [0.05, 0.1) is 24.2 Å². The first-order valence-corrected chi connectivity index (χ1v) is 7.80. The van der Waals surface area contributed by atoms with Gasteiger partial charge in [-0.3, -0.25) is 15.0 Å². The van der Waals surface area contributed by atoms with Crippen LogP contribution in [-0.4, -0.2) is 60.4 Å². The Morgan fingerprint density at radius 2 is 2.19 bits per heavy atom. The normalized spacial score (nSPS) is 17.4. The molecule has 7 nitrogen and oxygen atoms in total. The van der Waals surface area contributed by atoms with Crippen LogP contribution in [0.3, 0.4) is 0 Å². The minimum Gasteiger partial charge on any atom is -0.390 e. The fourth-order valence-electron chi connectivity index (χ4n) is 2.18. The number of aliphatic hydroxyl groups excluding tert-OH is 1. The number of rotatable bonds is 6. The summed E-state index contributed by atoms with van der Waals surface area (Å²) >= 11 is 2.03. The Balaban J connectivity index is 1.88. The summed E-state index contributed by atoms with van der Waals surface area (Å²) in [5.74, 6) is 0. The summed E-state index contributed by atoms with van der Waals surface area (Å²) in [4.78, 5) is 12.7. The Hall–Kier alpha value is -0.970. The third-order valence-electron chi connectivity index (χ3n) is 3.26. The van der Waals surface area contributed by atoms with E-state index in [1.54, 1.807) is 12.1 Å². The van der Waals surface area contributed by atoms with E-state index in [4.69, 9.17) is 4.74 Å². The molecule has 1 aliphatic heterocycles. The zero-order chi connectivity index (χ0) is 15.2. The number of anilines is 1. The Morgan fingerprint density at radius 3 is 2.86 bits per heavy atom. The van der Waals surface area contributed by atoms with Gasteiger partial charge in [-0.25, -0.2) is 0 Å². The molecule has 0 amide bonds. The fourth-order valence-corrected chi connectivity index (χ4v) is 2.65. The molecule has 0 radical (unpaired) electrons. The maximum atomic E-state index is 11.0. The van der Waals surface area contributed by atoms with Crippen molar-refractivity contribution >= 4 is 34.0 Å². The Kier molecular flexibility index (Phi) is 6.15. The predicted molar refractivity (Wildman–Crippen MR) is 87.6 cm³/mol. The molecule has 1 atom stereocenters. The number of hydrogen-bond donors (Lipinski definition) is 2. The lowest BCUT2D eigenvalue weighted by molar-refractivity contribution is -0.384. The van der Waals surface area contributed by atoms with E-state index in [1.165, 1.54) is 6.07 Å². The zero-order valence-corrected chi connectivity index (χ0v) is 13.7. The molecular weight excluding hydrogens is 389 g/mol. The molecule has 0 spiro atoms. The number of aliphatic hydroxyl groups is 1. The average Bonchev–Trinajstić information content (AvgIpc) is 2.47. The van der Waals surface area contributed by atoms with Gasteiger partial charge in [-0.15, -0.1) is 0 Å². The maximum Gasteiger partial charge on any atom is 0.293 e. The van der Waals surface area contributed by atoms with Gasteiger partial charge in [-0.1, -0.05) is 0 Å². The van der Waals surface area contributed by atoms with Gasteiger partial charge >= 0.3 is 0 Å². The quantitative estimate of drug-likeness (QED) is 0.420. The molecule has 1 unspecified atom stereocenters. The van der Waals surface area contributed by atoms with Crippen molar-refractivity contribution in [3.05, 3.63) is 31.9 Å². The smallest absolute Gasteiger partial charge is 0.293 e. The van der Waals surface area contributed by atoms with Gasteiger partial charge in [0, 0.05) is 35.8 Å². The van der Waals surface area contributed by atoms with Gasteiger partial charge in [-0.05, 0) is 34.7 Å². The highest BCUT2D eigenvalue weighted by Crippen LogP contribution is 2.26. The molecule has 0 bridgehead atoms. The van der Waals surface area contributed by atoms with Crippen LogP contribution in [0.15, 0.2) is 18.2 Å². The summed E-state index contributed by atoms with van der Waals surface area (Å²) in [5.41, 5.74) is 0.460. The molecule has 1 aromatic rings. The molecule has 1 aromatic carbocycles. The van der Waals surface area contributed by atoms with E-state index in [-0.39, 0.29) is 12.2 Å². The SMILES string of the molecule is O=[N+]([O-])c1cc(I)ccc1NCC(O)CN1CCOCC1. The van der Waals surface area contributed by atoms with E-state index in [9.17, 15) is 15.2 Å². The van der Waals surface area contributed by atoms with Crippen molar-refractivity contribution < 1.29 is 14.8 Å². The van der Waals surface area contributed by atoms with Crippen molar-refractivity contribution in [1.82, 2.24) is 4.90 Å². The molecule has 8 heteroatoms. The van der Waals surface area contributed by atoms with Gasteiger partial charge in [-0.2, -0.15) is 0 Å². The van der Waals surface area contributed by atoms with Crippen LogP contribution in [0.25, 0.3) is 0 Å². The second kappa shape index (κ2) is 7.87. The van der Waals surface area contributed by atoms with Crippen LogP contribution in [0.2, 0.25) is 0 Å². The lowest BCUT2D eigenvalue weighted by Crippen LogP contribution is -2.42. The number of hydrogen-bond acceptors (Lipinski definition) is 6. The van der Waals surface area contributed by atoms with Crippen LogP contribution in [-0.2, 0) is 4.74 Å². The molecule has 21 heavy (non-hydrogen) atoms. The summed E-state index contributed by atoms with van der Waals surface area (Å²) in [6.45, 7) is 3.79. The average molecular weight is 407 g/mol. The molecule has 0 aliphatic carbocycles. The Bertz CT molecular complexity index is 494. The van der Waals surface area contributed by atoms with Crippen LogP contribution in [0.5, 0.6) is 0 Å². The first-order chi connectivity index (χ1) is 10.1. The third-order valence-corrected chi connectivity index (χ3v) is 3.93. The van der Waals surface area contributed by atoms with E-state index in [0.717, 1.165) is 16.7 Å². The lowest BCUT2D eigenvalue weighted by atomic mass is 10.2. The van der Waals surface area contributed by atoms with Crippen molar-refractivity contribution in [2.45, 2.75) is 6.10 Å². The number of nitro benzene ring substituents is 1. The van der Waals surface area contributed by atoms with E-state index in [1.807, 2.05) is 22.6 Å². The van der Waals surface area contributed by atoms with Crippen molar-refractivity contribution in [3.8, 4) is 0 Å². The van der Waals surface area contributed by atoms with Crippen LogP contribution in [0.4, 0.5) is 11.4 Å². The Labute approximate surface area is 136 Å². The summed E-state index contributed by atoms with van der Waals surface area (Å²) in [6, 6.07) is 4.98. The van der Waals surface area contributed by atoms with E-state index < -0.39 is 11.0 Å². The largest absolute Gasteiger partial charge is 0.390 e. The molecule has 116 valence electrons. The highest BCUT2D eigenvalue weighted by atomic mass is 127. The first kappa shape index (κ1) is 16.4. The molecule has 2 rings (SSSR count). The van der Waals surface area contributed by atoms with Crippen molar-refractivity contribution in [3.63, 3.8) is 0 Å². The third kappa shape index (κ3) is 5.06. The van der Waals surface area contributed by atoms with Crippen molar-refractivity contribution in [1.29, 1.82) is 0 Å². The molecule has 0 aromatic heterocycles. The van der Waals surface area contributed by atoms with E-state index >= 15 is 0 Å². The number of nitrogens with zero attached hydrogens (tertiary/aromatic N) is 2. The molecule has 1 aliphatic rings. The highest BCUT2D eigenvalue weighted by Gasteiger charge is 2.17. The number of nitro groups is 1. The highest BCUT2D eigenvalue weighted by molar-refractivity contribution is 14.1. The van der Waals surface area contributed by atoms with Crippen LogP contribution < -0.4 is 5.32 Å². The van der Waals surface area contributed by atoms with Crippen LogP contribution in [0, 0.1) is 13.7 Å². The van der Waals surface area contributed by atoms with Crippen LogP contribution in [0.1, 0.15) is 0 Å². The number of halogens is 1. The monoisotopic (exact) mass is 407 g/mol. The summed E-state index contributed by atoms with van der Waals surface area (Å²) < 4.78 is 6.05. The molecule has 0 saturated carbocycles. The number of morpholine rings is 1. The topological polar surface area (TPSA) is 87.9 Å². The standard InChI is InChI=1S/C13H18IN3O4/c14-10-1-2-12(13(7-10)17(19)20)15-8-11(18)9-16-3-5-21-6-4-16/h1-2,7,11,15,18H,3-6,8-9H2. The number of benzene rings is 1. The van der Waals surface area contributed by atoms with E-state index in [0.29, 0.717) is 25.4 Å². The summed E-state index contributed by atoms with van der Waals surface area (Å²) in [7, 11) is 0. The van der Waals surface area contributed by atoms with E-state index in [2.05, 4.69) is 10.2 Å². The number of nitrogens with one attached hydrogen (secondary N) is 1.